The Kier molecular flexibility index (Phi) is 7.10. The van der Waals surface area contributed by atoms with E-state index in [4.69, 9.17) is 26.8 Å². The van der Waals surface area contributed by atoms with Crippen molar-refractivity contribution in [1.29, 1.82) is 0 Å². The molecular weight excluding hydrogens is 474 g/mol. The van der Waals surface area contributed by atoms with Gasteiger partial charge in [-0.15, -0.1) is 11.3 Å². The predicted molar refractivity (Wildman–Crippen MR) is 134 cm³/mol. The molecule has 0 aliphatic heterocycles. The molecule has 0 spiro atoms. The first-order valence-electron chi connectivity index (χ1n) is 10.2. The van der Waals surface area contributed by atoms with Gasteiger partial charge >= 0.3 is 0 Å². The summed E-state index contributed by atoms with van der Waals surface area (Å²) in [5, 5.41) is 5.21. The van der Waals surface area contributed by atoms with E-state index < -0.39 is 11.8 Å². The Morgan fingerprint density at radius 2 is 1.71 bits per heavy atom. The fraction of sp³-hybridized carbons (Fsp3) is 0.0800. The highest BCUT2D eigenvalue weighted by Crippen LogP contribution is 2.37. The predicted octanol–water partition coefficient (Wildman–Crippen LogP) is 5.26. The van der Waals surface area contributed by atoms with E-state index in [-0.39, 0.29) is 28.7 Å². The van der Waals surface area contributed by atoms with Crippen molar-refractivity contribution in [3.8, 4) is 33.9 Å². The van der Waals surface area contributed by atoms with Crippen molar-refractivity contribution in [1.82, 2.24) is 4.98 Å². The van der Waals surface area contributed by atoms with Crippen LogP contribution in [-0.4, -0.2) is 30.5 Å². The zero-order chi connectivity index (χ0) is 24.1. The quantitative estimate of drug-likeness (QED) is 0.348. The molecule has 4 rings (SSSR count). The number of thiazole rings is 1. The maximum Gasteiger partial charge on any atom is 0.257 e. The molecule has 172 valence electrons. The van der Waals surface area contributed by atoms with E-state index in [0.717, 1.165) is 22.4 Å². The minimum atomic E-state index is -0.658. The number of rotatable bonds is 8. The van der Waals surface area contributed by atoms with Gasteiger partial charge in [0.15, 0.2) is 23.2 Å². The van der Waals surface area contributed by atoms with Gasteiger partial charge in [-0.1, -0.05) is 66.2 Å². The van der Waals surface area contributed by atoms with E-state index in [1.165, 1.54) is 30.6 Å². The van der Waals surface area contributed by atoms with E-state index in [1.54, 1.807) is 0 Å². The Bertz CT molecular complexity index is 1320. The number of hydrogen-bond acceptors (Lipinski definition) is 6. The third-order valence-corrected chi connectivity index (χ3v) is 5.90. The third kappa shape index (κ3) is 5.36. The van der Waals surface area contributed by atoms with Gasteiger partial charge in [0.25, 0.3) is 11.8 Å². The monoisotopic (exact) mass is 493 g/mol. The van der Waals surface area contributed by atoms with E-state index in [9.17, 15) is 9.59 Å². The molecule has 0 bridgehead atoms. The van der Waals surface area contributed by atoms with Crippen LogP contribution in [0.2, 0.25) is 5.02 Å². The number of carbonyl (C=O) groups excluding carboxylic acids is 2. The number of aromatic nitrogens is 1. The van der Waals surface area contributed by atoms with Gasteiger partial charge in [-0.25, -0.2) is 4.98 Å². The van der Waals surface area contributed by atoms with E-state index in [0.29, 0.717) is 5.13 Å². The fourth-order valence-electron chi connectivity index (χ4n) is 3.23. The van der Waals surface area contributed by atoms with Crippen molar-refractivity contribution >= 4 is 39.9 Å². The van der Waals surface area contributed by atoms with Crippen LogP contribution in [0.3, 0.4) is 0 Å². The molecule has 1 aromatic heterocycles. The molecule has 0 aliphatic rings. The largest absolute Gasteiger partial charge is 0.493 e. The first-order chi connectivity index (χ1) is 16.4. The lowest BCUT2D eigenvalue weighted by molar-refractivity contribution is -0.119. The summed E-state index contributed by atoms with van der Waals surface area (Å²) in [6, 6.07) is 21.1. The lowest BCUT2D eigenvalue weighted by Crippen LogP contribution is -2.20. The zero-order valence-electron chi connectivity index (χ0n) is 18.1. The Morgan fingerprint density at radius 1 is 1.03 bits per heavy atom. The number of nitrogens with one attached hydrogen (secondary N) is 1. The zero-order valence-corrected chi connectivity index (χ0v) is 19.7. The van der Waals surface area contributed by atoms with Crippen LogP contribution in [0.1, 0.15) is 10.4 Å². The summed E-state index contributed by atoms with van der Waals surface area (Å²) in [6.07, 6.45) is 0. The van der Waals surface area contributed by atoms with Crippen LogP contribution in [0.5, 0.6) is 11.5 Å². The minimum absolute atomic E-state index is 0.115. The average molecular weight is 494 g/mol. The van der Waals surface area contributed by atoms with Crippen molar-refractivity contribution < 1.29 is 19.1 Å². The van der Waals surface area contributed by atoms with Crippen LogP contribution in [-0.2, 0) is 4.79 Å². The van der Waals surface area contributed by atoms with Gasteiger partial charge in [0, 0.05) is 16.5 Å². The number of nitrogens with two attached hydrogens (primary N) is 1. The highest BCUT2D eigenvalue weighted by molar-refractivity contribution is 7.14. The Balaban J connectivity index is 1.48. The minimum Gasteiger partial charge on any atom is -0.493 e. The number of ether oxygens (including phenoxy) is 2. The molecule has 34 heavy (non-hydrogen) atoms. The van der Waals surface area contributed by atoms with Crippen LogP contribution in [0.4, 0.5) is 5.13 Å². The van der Waals surface area contributed by atoms with Crippen molar-refractivity contribution in [2.24, 2.45) is 5.73 Å². The number of primary amides is 1. The van der Waals surface area contributed by atoms with Gasteiger partial charge in [0.1, 0.15) is 0 Å². The number of carbonyl (C=O) groups is 2. The van der Waals surface area contributed by atoms with Gasteiger partial charge < -0.3 is 15.2 Å². The molecule has 9 heteroatoms. The molecule has 0 unspecified atom stereocenters. The smallest absolute Gasteiger partial charge is 0.257 e. The SMILES string of the molecule is COc1cc(C(=O)Nc2nc(-c3ccc(-c4ccccc4)cc3)cs2)cc(Cl)c1OCC(N)=O. The second kappa shape index (κ2) is 10.4. The first-order valence-corrected chi connectivity index (χ1v) is 11.4. The van der Waals surface area contributed by atoms with Gasteiger partial charge in [-0.3, -0.25) is 14.9 Å². The topological polar surface area (TPSA) is 104 Å². The number of halogens is 1. The van der Waals surface area contributed by atoms with Gasteiger partial charge in [-0.05, 0) is 23.3 Å². The summed E-state index contributed by atoms with van der Waals surface area (Å²) < 4.78 is 10.5. The van der Waals surface area contributed by atoms with E-state index in [2.05, 4.69) is 22.4 Å². The van der Waals surface area contributed by atoms with Crippen LogP contribution < -0.4 is 20.5 Å². The molecule has 3 N–H and O–H groups in total. The second-order valence-corrected chi connectivity index (χ2v) is 8.45. The van der Waals surface area contributed by atoms with Crippen molar-refractivity contribution in [3.63, 3.8) is 0 Å². The van der Waals surface area contributed by atoms with Crippen molar-refractivity contribution in [3.05, 3.63) is 82.7 Å². The van der Waals surface area contributed by atoms with Gasteiger partial charge in [-0.2, -0.15) is 0 Å². The number of nitrogens with zero attached hydrogens (tertiary/aromatic N) is 1. The van der Waals surface area contributed by atoms with Crippen LogP contribution in [0.25, 0.3) is 22.4 Å². The lowest BCUT2D eigenvalue weighted by atomic mass is 10.0. The number of anilines is 1. The number of methoxy groups -OCH3 is 1. The van der Waals surface area contributed by atoms with Crippen molar-refractivity contribution in [2.45, 2.75) is 0 Å². The summed E-state index contributed by atoms with van der Waals surface area (Å²) >= 11 is 7.55. The molecule has 0 aliphatic carbocycles. The molecule has 0 saturated heterocycles. The van der Waals surface area contributed by atoms with Crippen LogP contribution >= 0.6 is 22.9 Å². The molecule has 0 radical (unpaired) electrons. The van der Waals surface area contributed by atoms with Gasteiger partial charge in [0.2, 0.25) is 0 Å². The third-order valence-electron chi connectivity index (χ3n) is 4.86. The van der Waals surface area contributed by atoms with Gasteiger partial charge in [0.05, 0.1) is 17.8 Å². The number of amides is 2. The second-order valence-electron chi connectivity index (χ2n) is 7.18. The molecule has 0 atom stereocenters. The van der Waals surface area contributed by atoms with Crippen LogP contribution in [0.15, 0.2) is 72.1 Å². The summed E-state index contributed by atoms with van der Waals surface area (Å²) in [5.74, 6) is -0.733. The van der Waals surface area contributed by atoms with Crippen molar-refractivity contribution in [2.75, 3.05) is 19.0 Å². The Labute approximate surface area is 205 Å². The average Bonchev–Trinajstić information content (AvgIpc) is 3.31. The summed E-state index contributed by atoms with van der Waals surface area (Å²) in [7, 11) is 1.40. The van der Waals surface area contributed by atoms with E-state index >= 15 is 0 Å². The first kappa shape index (κ1) is 23.3. The highest BCUT2D eigenvalue weighted by Gasteiger charge is 2.18. The maximum absolute atomic E-state index is 12.8. The lowest BCUT2D eigenvalue weighted by Gasteiger charge is -2.13. The highest BCUT2D eigenvalue weighted by atomic mass is 35.5. The Hall–Kier alpha value is -3.88. The molecule has 3 aromatic carbocycles. The maximum atomic E-state index is 12.8. The molecule has 0 fully saturated rings. The number of benzene rings is 3. The fourth-order valence-corrected chi connectivity index (χ4v) is 4.21. The molecule has 0 saturated carbocycles. The van der Waals surface area contributed by atoms with E-state index in [1.807, 2.05) is 47.8 Å². The number of hydrogen-bond donors (Lipinski definition) is 2. The molecule has 4 aromatic rings. The normalized spacial score (nSPS) is 10.5. The summed E-state index contributed by atoms with van der Waals surface area (Å²) in [6.45, 7) is -0.365. The molecule has 2 amide bonds. The molecule has 1 heterocycles. The molecule has 7 nitrogen and oxygen atoms in total. The standard InChI is InChI=1S/C25H20ClN3O4S/c1-32-21-12-18(11-19(26)23(21)33-13-22(27)30)24(31)29-25-28-20(14-34-25)17-9-7-16(8-10-17)15-5-3-2-4-6-15/h2-12,14H,13H2,1H3,(H2,27,30)(H,28,29,31). The molecular formula is C25H20ClN3O4S. The van der Waals surface area contributed by atoms with Crippen LogP contribution in [0, 0.1) is 0 Å². The summed E-state index contributed by atoms with van der Waals surface area (Å²) in [4.78, 5) is 28.3. The summed E-state index contributed by atoms with van der Waals surface area (Å²) in [5.41, 5.74) is 9.30. The Morgan fingerprint density at radius 3 is 2.38 bits per heavy atom.